The molecule has 1 amide bonds. The number of carbonyl (C=O) groups is 2. The van der Waals surface area contributed by atoms with E-state index in [9.17, 15) is 9.59 Å². The van der Waals surface area contributed by atoms with Gasteiger partial charge in [-0.05, 0) is 37.2 Å². The summed E-state index contributed by atoms with van der Waals surface area (Å²) in [6.45, 7) is 4.40. The Morgan fingerprint density at radius 3 is 2.64 bits per heavy atom. The summed E-state index contributed by atoms with van der Waals surface area (Å²) in [5, 5.41) is 3.67. The number of methoxy groups -OCH3 is 1. The van der Waals surface area contributed by atoms with Gasteiger partial charge in [-0.3, -0.25) is 4.79 Å². The number of amides is 1. The molecule has 140 valence electrons. The molecule has 0 radical (unpaired) electrons. The van der Waals surface area contributed by atoms with Crippen molar-refractivity contribution in [3.8, 4) is 0 Å². The van der Waals surface area contributed by atoms with Gasteiger partial charge in [-0.1, -0.05) is 46.0 Å². The Hall–Kier alpha value is -1.36. The van der Waals surface area contributed by atoms with Crippen LogP contribution in [0, 0.1) is 5.92 Å². The van der Waals surface area contributed by atoms with Crippen molar-refractivity contribution in [1.29, 1.82) is 0 Å². The fraction of sp³-hybridized carbons (Fsp3) is 0.700. The SMILES string of the molecule is CCCCCCCC(=O)Nc1sc2c(c1C(=O)OC)CCC(CC)C2. The summed E-state index contributed by atoms with van der Waals surface area (Å²) in [4.78, 5) is 25.8. The molecular weight excluding hydrogens is 334 g/mol. The molecule has 1 unspecified atom stereocenters. The van der Waals surface area contributed by atoms with E-state index in [0.29, 0.717) is 22.9 Å². The predicted octanol–water partition coefficient (Wildman–Crippen LogP) is 5.35. The number of anilines is 1. The molecule has 1 N–H and O–H groups in total. The second-order valence-electron chi connectivity index (χ2n) is 6.93. The van der Waals surface area contributed by atoms with Crippen LogP contribution in [0.4, 0.5) is 5.00 Å². The number of fused-ring (bicyclic) bond motifs is 1. The second kappa shape index (κ2) is 9.95. The first-order valence-electron chi connectivity index (χ1n) is 9.63. The Labute approximate surface area is 155 Å². The fourth-order valence-electron chi connectivity index (χ4n) is 3.49. The second-order valence-corrected chi connectivity index (χ2v) is 8.03. The van der Waals surface area contributed by atoms with Crippen molar-refractivity contribution >= 4 is 28.2 Å². The third-order valence-corrected chi connectivity index (χ3v) is 6.26. The van der Waals surface area contributed by atoms with E-state index in [-0.39, 0.29) is 11.9 Å². The van der Waals surface area contributed by atoms with Crippen LogP contribution in [0.2, 0.25) is 0 Å². The maximum Gasteiger partial charge on any atom is 0.341 e. The summed E-state index contributed by atoms with van der Waals surface area (Å²) >= 11 is 1.57. The first-order chi connectivity index (χ1) is 12.1. The molecule has 1 aromatic heterocycles. The topological polar surface area (TPSA) is 55.4 Å². The normalized spacial score (nSPS) is 16.4. The van der Waals surface area contributed by atoms with Crippen molar-refractivity contribution in [2.24, 2.45) is 5.92 Å². The lowest BCUT2D eigenvalue weighted by atomic mass is 9.85. The van der Waals surface area contributed by atoms with Crippen LogP contribution in [0.5, 0.6) is 0 Å². The monoisotopic (exact) mass is 365 g/mol. The molecular formula is C20H31NO3S. The van der Waals surface area contributed by atoms with Crippen LogP contribution >= 0.6 is 11.3 Å². The number of ether oxygens (including phenoxy) is 1. The lowest BCUT2D eigenvalue weighted by Gasteiger charge is -2.20. The molecule has 0 saturated heterocycles. The lowest BCUT2D eigenvalue weighted by Crippen LogP contribution is -2.16. The highest BCUT2D eigenvalue weighted by atomic mass is 32.1. The fourth-order valence-corrected chi connectivity index (χ4v) is 4.85. The minimum absolute atomic E-state index is 0.00675. The first-order valence-corrected chi connectivity index (χ1v) is 10.4. The van der Waals surface area contributed by atoms with E-state index in [4.69, 9.17) is 4.74 Å². The number of hydrogen-bond acceptors (Lipinski definition) is 4. The Bertz CT molecular complexity index is 594. The third-order valence-electron chi connectivity index (χ3n) is 5.09. The van der Waals surface area contributed by atoms with Gasteiger partial charge >= 0.3 is 5.97 Å². The highest BCUT2D eigenvalue weighted by molar-refractivity contribution is 7.17. The van der Waals surface area contributed by atoms with E-state index >= 15 is 0 Å². The van der Waals surface area contributed by atoms with Crippen LogP contribution in [0.15, 0.2) is 0 Å². The van der Waals surface area contributed by atoms with Gasteiger partial charge in [-0.15, -0.1) is 11.3 Å². The summed E-state index contributed by atoms with van der Waals surface area (Å²) in [5.41, 5.74) is 1.69. The number of nitrogens with one attached hydrogen (secondary N) is 1. The molecule has 5 heteroatoms. The van der Waals surface area contributed by atoms with E-state index in [2.05, 4.69) is 19.2 Å². The zero-order valence-electron chi connectivity index (χ0n) is 15.8. The number of hydrogen-bond donors (Lipinski definition) is 1. The molecule has 1 aliphatic carbocycles. The molecule has 2 rings (SSSR count). The molecule has 0 spiro atoms. The van der Waals surface area contributed by atoms with Gasteiger partial charge in [-0.2, -0.15) is 0 Å². The number of esters is 1. The molecule has 1 aliphatic rings. The van der Waals surface area contributed by atoms with Crippen LogP contribution in [0.1, 0.15) is 86.0 Å². The molecule has 0 fully saturated rings. The van der Waals surface area contributed by atoms with E-state index in [1.807, 2.05) is 0 Å². The smallest absolute Gasteiger partial charge is 0.341 e. The van der Waals surface area contributed by atoms with Crippen LogP contribution in [-0.4, -0.2) is 19.0 Å². The third kappa shape index (κ3) is 5.30. The van der Waals surface area contributed by atoms with Gasteiger partial charge in [0, 0.05) is 11.3 Å². The van der Waals surface area contributed by atoms with Gasteiger partial charge in [0.1, 0.15) is 5.00 Å². The van der Waals surface area contributed by atoms with Crippen molar-refractivity contribution in [3.63, 3.8) is 0 Å². The molecule has 0 bridgehead atoms. The molecule has 1 aromatic rings. The predicted molar refractivity (Wildman–Crippen MR) is 103 cm³/mol. The summed E-state index contributed by atoms with van der Waals surface area (Å²) in [5.74, 6) is 0.358. The number of carbonyl (C=O) groups excluding carboxylic acids is 2. The average molecular weight is 366 g/mol. The van der Waals surface area contributed by atoms with Crippen LogP contribution in [-0.2, 0) is 22.4 Å². The van der Waals surface area contributed by atoms with Gasteiger partial charge < -0.3 is 10.1 Å². The van der Waals surface area contributed by atoms with Gasteiger partial charge in [0.2, 0.25) is 5.91 Å². The van der Waals surface area contributed by atoms with E-state index in [0.717, 1.165) is 44.1 Å². The number of unbranched alkanes of at least 4 members (excludes halogenated alkanes) is 4. The van der Waals surface area contributed by atoms with Crippen molar-refractivity contribution in [3.05, 3.63) is 16.0 Å². The molecule has 25 heavy (non-hydrogen) atoms. The van der Waals surface area contributed by atoms with E-state index < -0.39 is 0 Å². The minimum Gasteiger partial charge on any atom is -0.465 e. The maximum absolute atomic E-state index is 12.3. The Kier molecular flexibility index (Phi) is 7.94. The van der Waals surface area contributed by atoms with Crippen molar-refractivity contribution < 1.29 is 14.3 Å². The maximum atomic E-state index is 12.3. The quantitative estimate of drug-likeness (QED) is 0.474. The summed E-state index contributed by atoms with van der Waals surface area (Å²) in [6, 6.07) is 0. The van der Waals surface area contributed by atoms with Crippen LogP contribution in [0.25, 0.3) is 0 Å². The van der Waals surface area contributed by atoms with Crippen molar-refractivity contribution in [1.82, 2.24) is 0 Å². The molecule has 0 aromatic carbocycles. The zero-order valence-corrected chi connectivity index (χ0v) is 16.6. The molecule has 0 saturated carbocycles. The summed E-state index contributed by atoms with van der Waals surface area (Å²) in [6.07, 6.45) is 10.3. The molecule has 0 aliphatic heterocycles. The van der Waals surface area contributed by atoms with Gasteiger partial charge in [0.25, 0.3) is 0 Å². The zero-order chi connectivity index (χ0) is 18.2. The first kappa shape index (κ1) is 20.0. The highest BCUT2D eigenvalue weighted by Crippen LogP contribution is 2.40. The van der Waals surface area contributed by atoms with Crippen LogP contribution in [0.3, 0.4) is 0 Å². The summed E-state index contributed by atoms with van der Waals surface area (Å²) < 4.78 is 4.98. The summed E-state index contributed by atoms with van der Waals surface area (Å²) in [7, 11) is 1.41. The number of rotatable bonds is 9. The Morgan fingerprint density at radius 1 is 1.20 bits per heavy atom. The minimum atomic E-state index is -0.328. The average Bonchev–Trinajstić information content (AvgIpc) is 2.97. The standard InChI is InChI=1S/C20H31NO3S/c1-4-6-7-8-9-10-17(22)21-19-18(20(23)24-3)15-12-11-14(5-2)13-16(15)25-19/h14H,4-13H2,1-3H3,(H,21,22). The van der Waals surface area contributed by atoms with Gasteiger partial charge in [-0.25, -0.2) is 4.79 Å². The van der Waals surface area contributed by atoms with Crippen molar-refractivity contribution in [2.45, 2.75) is 78.1 Å². The van der Waals surface area contributed by atoms with Crippen LogP contribution < -0.4 is 5.32 Å². The van der Waals surface area contributed by atoms with Gasteiger partial charge in [0.15, 0.2) is 0 Å². The Balaban J connectivity index is 2.05. The van der Waals surface area contributed by atoms with E-state index in [1.54, 1.807) is 11.3 Å². The Morgan fingerprint density at radius 2 is 1.96 bits per heavy atom. The molecule has 1 atom stereocenters. The van der Waals surface area contributed by atoms with Crippen molar-refractivity contribution in [2.75, 3.05) is 12.4 Å². The highest BCUT2D eigenvalue weighted by Gasteiger charge is 2.29. The van der Waals surface area contributed by atoms with E-state index in [1.165, 1.54) is 31.2 Å². The molecule has 1 heterocycles. The number of thiophene rings is 1. The largest absolute Gasteiger partial charge is 0.465 e. The molecule has 4 nitrogen and oxygen atoms in total. The lowest BCUT2D eigenvalue weighted by molar-refractivity contribution is -0.116. The van der Waals surface area contributed by atoms with Gasteiger partial charge in [0.05, 0.1) is 12.7 Å².